The second kappa shape index (κ2) is 13.7. The van der Waals surface area contributed by atoms with Gasteiger partial charge in [-0.05, 0) is 31.7 Å². The van der Waals surface area contributed by atoms with Gasteiger partial charge in [-0.2, -0.15) is 0 Å². The van der Waals surface area contributed by atoms with Crippen LogP contribution in [0.2, 0.25) is 0 Å². The fraction of sp³-hybridized carbons (Fsp3) is 0.864. The molecule has 1 fully saturated rings. The van der Waals surface area contributed by atoms with Crippen LogP contribution in [0.1, 0.15) is 79.1 Å². The van der Waals surface area contributed by atoms with Gasteiger partial charge in [0.2, 0.25) is 11.8 Å². The van der Waals surface area contributed by atoms with E-state index in [0.717, 1.165) is 58.4 Å². The molecule has 1 aliphatic heterocycles. The topological polar surface area (TPSA) is 69.7 Å². The van der Waals surface area contributed by atoms with Crippen LogP contribution in [-0.2, 0) is 14.4 Å². The van der Waals surface area contributed by atoms with Gasteiger partial charge in [0.05, 0.1) is 0 Å². The number of hydrogen-bond acceptors (Lipinski definition) is 4. The molecule has 2 amide bonds. The van der Waals surface area contributed by atoms with Gasteiger partial charge in [-0.3, -0.25) is 14.4 Å². The summed E-state index contributed by atoms with van der Waals surface area (Å²) in [5.74, 6) is 0.792. The Morgan fingerprint density at radius 3 is 2.14 bits per heavy atom. The number of nitrogens with zero attached hydrogens (tertiary/aromatic N) is 2. The largest absolute Gasteiger partial charge is 0.344 e. The highest BCUT2D eigenvalue weighted by Crippen LogP contribution is 2.12. The highest BCUT2D eigenvalue weighted by atomic mass is 16.2. The highest BCUT2D eigenvalue weighted by Gasteiger charge is 2.28. The Morgan fingerprint density at radius 2 is 1.57 bits per heavy atom. The van der Waals surface area contributed by atoms with Crippen LogP contribution in [0.25, 0.3) is 0 Å². The summed E-state index contributed by atoms with van der Waals surface area (Å²) in [4.78, 5) is 41.0. The van der Waals surface area contributed by atoms with Crippen LogP contribution in [0.4, 0.5) is 0 Å². The van der Waals surface area contributed by atoms with E-state index in [0.29, 0.717) is 37.4 Å². The zero-order valence-corrected chi connectivity index (χ0v) is 18.5. The van der Waals surface area contributed by atoms with Crippen molar-refractivity contribution in [3.8, 4) is 0 Å². The molecule has 0 saturated carbocycles. The van der Waals surface area contributed by atoms with Crippen molar-refractivity contribution < 1.29 is 14.4 Å². The third-order valence-electron chi connectivity index (χ3n) is 5.56. The van der Waals surface area contributed by atoms with E-state index >= 15 is 0 Å². The number of carbonyl (C=O) groups is 3. The Kier molecular flexibility index (Phi) is 12.0. The van der Waals surface area contributed by atoms with Gasteiger partial charge in [0.1, 0.15) is 11.8 Å². The van der Waals surface area contributed by atoms with Crippen molar-refractivity contribution in [2.24, 2.45) is 5.92 Å². The lowest BCUT2D eigenvalue weighted by molar-refractivity contribution is -0.138. The smallest absolute Gasteiger partial charge is 0.245 e. The monoisotopic (exact) mass is 395 g/mol. The summed E-state index contributed by atoms with van der Waals surface area (Å²) in [5.41, 5.74) is 0. The van der Waals surface area contributed by atoms with Crippen LogP contribution in [0, 0.1) is 5.92 Å². The lowest BCUT2D eigenvalue weighted by atomic mass is 10.0. The zero-order chi connectivity index (χ0) is 20.9. The molecule has 1 saturated heterocycles. The molecule has 0 spiro atoms. The summed E-state index contributed by atoms with van der Waals surface area (Å²) >= 11 is 0. The molecule has 162 valence electrons. The summed E-state index contributed by atoms with van der Waals surface area (Å²) in [7, 11) is 0. The molecule has 0 aromatic heterocycles. The number of unbranched alkanes of at least 4 members (excludes halogenated alkanes) is 2. The van der Waals surface area contributed by atoms with Crippen LogP contribution in [0.15, 0.2) is 0 Å². The molecule has 1 heterocycles. The van der Waals surface area contributed by atoms with E-state index in [4.69, 9.17) is 0 Å². The first-order valence-electron chi connectivity index (χ1n) is 11.2. The van der Waals surface area contributed by atoms with E-state index in [9.17, 15) is 14.4 Å². The standard InChI is InChI=1S/C22H41N3O3/c1-5-19(26)10-8-7-9-11-20(23-21(27)13-12-18(3)4)22(28)25-16-14-24(6-2)15-17-25/h18,20H,5-17H2,1-4H3,(H,23,27)/t20-/m0/s1. The van der Waals surface area contributed by atoms with Crippen molar-refractivity contribution in [3.05, 3.63) is 0 Å². The van der Waals surface area contributed by atoms with Crippen molar-refractivity contribution in [3.63, 3.8) is 0 Å². The molecule has 1 rings (SSSR count). The van der Waals surface area contributed by atoms with E-state index in [1.165, 1.54) is 0 Å². The lowest BCUT2D eigenvalue weighted by Gasteiger charge is -2.36. The van der Waals surface area contributed by atoms with Gasteiger partial charge in [0.25, 0.3) is 0 Å². The van der Waals surface area contributed by atoms with Gasteiger partial charge in [-0.25, -0.2) is 0 Å². The maximum absolute atomic E-state index is 13.0. The maximum atomic E-state index is 13.0. The molecule has 0 aromatic carbocycles. The average Bonchev–Trinajstić information content (AvgIpc) is 2.70. The summed E-state index contributed by atoms with van der Waals surface area (Å²) in [6.45, 7) is 12.5. The molecule has 6 nitrogen and oxygen atoms in total. The predicted octanol–water partition coefficient (Wildman–Crippen LogP) is 3.00. The molecule has 0 aromatic rings. The van der Waals surface area contributed by atoms with E-state index in [1.54, 1.807) is 0 Å². The second-order valence-electron chi connectivity index (χ2n) is 8.30. The molecule has 1 aliphatic rings. The number of likely N-dealkylation sites (N-methyl/N-ethyl adjacent to an activating group) is 1. The molecular weight excluding hydrogens is 354 g/mol. The molecular formula is C22H41N3O3. The number of Topliss-reactive ketones (excluding diaryl/α,β-unsaturated/α-hetero) is 1. The van der Waals surface area contributed by atoms with Crippen molar-refractivity contribution in [1.82, 2.24) is 15.1 Å². The normalized spacial score (nSPS) is 16.2. The molecule has 0 bridgehead atoms. The van der Waals surface area contributed by atoms with E-state index in [-0.39, 0.29) is 11.8 Å². The van der Waals surface area contributed by atoms with E-state index in [2.05, 4.69) is 31.0 Å². The van der Waals surface area contributed by atoms with Crippen LogP contribution in [0.3, 0.4) is 0 Å². The molecule has 28 heavy (non-hydrogen) atoms. The SMILES string of the molecule is CCC(=O)CCCCC[C@H](NC(=O)CCC(C)C)C(=O)N1CCN(CC)CC1. The first kappa shape index (κ1) is 24.6. The van der Waals surface area contributed by atoms with Gasteiger partial charge < -0.3 is 15.1 Å². The maximum Gasteiger partial charge on any atom is 0.245 e. The van der Waals surface area contributed by atoms with E-state index in [1.807, 2.05) is 11.8 Å². The minimum atomic E-state index is -0.435. The quantitative estimate of drug-likeness (QED) is 0.487. The fourth-order valence-electron chi connectivity index (χ4n) is 3.47. The number of rotatable bonds is 13. The molecule has 1 N–H and O–H groups in total. The third kappa shape index (κ3) is 9.67. The molecule has 6 heteroatoms. The summed E-state index contributed by atoms with van der Waals surface area (Å²) < 4.78 is 0. The predicted molar refractivity (Wildman–Crippen MR) is 113 cm³/mol. The van der Waals surface area contributed by atoms with Gasteiger partial charge >= 0.3 is 0 Å². The summed E-state index contributed by atoms with van der Waals surface area (Å²) in [5, 5.41) is 2.99. The van der Waals surface area contributed by atoms with Crippen molar-refractivity contribution in [2.75, 3.05) is 32.7 Å². The Labute approximate surface area is 171 Å². The summed E-state index contributed by atoms with van der Waals surface area (Å²) in [6, 6.07) is -0.435. The molecule has 0 aliphatic carbocycles. The average molecular weight is 396 g/mol. The number of hydrogen-bond donors (Lipinski definition) is 1. The van der Waals surface area contributed by atoms with Crippen LogP contribution >= 0.6 is 0 Å². The van der Waals surface area contributed by atoms with Gasteiger partial charge in [-0.1, -0.05) is 40.5 Å². The molecule has 1 atom stereocenters. The zero-order valence-electron chi connectivity index (χ0n) is 18.5. The Hall–Kier alpha value is -1.43. The third-order valence-corrected chi connectivity index (χ3v) is 5.56. The number of nitrogens with one attached hydrogen (secondary N) is 1. The van der Waals surface area contributed by atoms with Gasteiger partial charge in [-0.15, -0.1) is 0 Å². The minimum Gasteiger partial charge on any atom is -0.344 e. The van der Waals surface area contributed by atoms with Crippen LogP contribution in [0.5, 0.6) is 0 Å². The molecule has 0 radical (unpaired) electrons. The highest BCUT2D eigenvalue weighted by molar-refractivity contribution is 5.87. The molecule has 0 unspecified atom stereocenters. The first-order chi connectivity index (χ1) is 13.4. The number of ketones is 1. The van der Waals surface area contributed by atoms with Gasteiger partial charge in [0.15, 0.2) is 0 Å². The van der Waals surface area contributed by atoms with Gasteiger partial charge in [0, 0.05) is 45.4 Å². The van der Waals surface area contributed by atoms with Crippen molar-refractivity contribution in [2.45, 2.75) is 85.1 Å². The first-order valence-corrected chi connectivity index (χ1v) is 11.2. The van der Waals surface area contributed by atoms with Crippen LogP contribution in [-0.4, -0.2) is 66.2 Å². The van der Waals surface area contributed by atoms with Crippen molar-refractivity contribution in [1.29, 1.82) is 0 Å². The number of carbonyl (C=O) groups excluding carboxylic acids is 3. The fourth-order valence-corrected chi connectivity index (χ4v) is 3.47. The Morgan fingerprint density at radius 1 is 0.893 bits per heavy atom. The summed E-state index contributed by atoms with van der Waals surface area (Å²) in [6.07, 6.45) is 5.81. The van der Waals surface area contributed by atoms with Crippen LogP contribution < -0.4 is 5.32 Å². The lowest BCUT2D eigenvalue weighted by Crippen LogP contribution is -2.54. The second-order valence-corrected chi connectivity index (χ2v) is 8.30. The minimum absolute atomic E-state index is 0.0274. The Bertz CT molecular complexity index is 485. The Balaban J connectivity index is 2.54. The number of piperazine rings is 1. The number of amides is 2. The van der Waals surface area contributed by atoms with Crippen molar-refractivity contribution >= 4 is 17.6 Å². The van der Waals surface area contributed by atoms with E-state index < -0.39 is 6.04 Å².